The fourth-order valence-corrected chi connectivity index (χ4v) is 3.49. The maximum Gasteiger partial charge on any atom is 0.257 e. The molecule has 6 nitrogen and oxygen atoms in total. The summed E-state index contributed by atoms with van der Waals surface area (Å²) in [4.78, 5) is 17.8. The number of nitrogens with one attached hydrogen (secondary N) is 1. The number of hydrogen-bond donors (Lipinski definition) is 1. The zero-order chi connectivity index (χ0) is 15.5. The first-order valence-corrected chi connectivity index (χ1v) is 8.64. The molecular formula is C13H18FN3O3S. The van der Waals surface area contributed by atoms with Crippen molar-refractivity contribution in [2.24, 2.45) is 0 Å². The van der Waals surface area contributed by atoms with Gasteiger partial charge >= 0.3 is 0 Å². The molecule has 2 rings (SSSR count). The first-order chi connectivity index (χ1) is 9.93. The van der Waals surface area contributed by atoms with Crippen LogP contribution in [0, 0.1) is 5.82 Å². The molecule has 1 fully saturated rings. The summed E-state index contributed by atoms with van der Waals surface area (Å²) in [5.41, 5.74) is 0.135. The second kappa shape index (κ2) is 6.38. The van der Waals surface area contributed by atoms with Gasteiger partial charge in [0.2, 0.25) is 0 Å². The molecule has 0 radical (unpaired) electrons. The van der Waals surface area contributed by atoms with Crippen molar-refractivity contribution >= 4 is 21.6 Å². The predicted octanol–water partition coefficient (Wildman–Crippen LogP) is 0.913. The lowest BCUT2D eigenvalue weighted by Crippen LogP contribution is -2.34. The lowest BCUT2D eigenvalue weighted by atomic mass is 10.2. The molecule has 1 N–H and O–H groups in total. The van der Waals surface area contributed by atoms with Gasteiger partial charge in [0, 0.05) is 19.6 Å². The third-order valence-electron chi connectivity index (χ3n) is 3.27. The summed E-state index contributed by atoms with van der Waals surface area (Å²) in [6.45, 7) is 2.87. The zero-order valence-corrected chi connectivity index (χ0v) is 12.6. The molecule has 0 saturated carbocycles. The first kappa shape index (κ1) is 15.7. The number of rotatable bonds is 3. The Morgan fingerprint density at radius 2 is 2.19 bits per heavy atom. The Hall–Kier alpha value is -1.70. The van der Waals surface area contributed by atoms with Gasteiger partial charge < -0.3 is 10.2 Å². The zero-order valence-electron chi connectivity index (χ0n) is 11.8. The Labute approximate surface area is 123 Å². The maximum atomic E-state index is 13.4. The normalized spacial score (nSPS) is 18.1. The molecule has 1 saturated heterocycles. The summed E-state index contributed by atoms with van der Waals surface area (Å²) in [6, 6.07) is 1.13. The van der Waals surface area contributed by atoms with Gasteiger partial charge in [0.1, 0.15) is 11.6 Å². The third kappa shape index (κ3) is 3.90. The van der Waals surface area contributed by atoms with E-state index in [1.807, 2.05) is 6.92 Å². The quantitative estimate of drug-likeness (QED) is 0.897. The second-order valence-corrected chi connectivity index (χ2v) is 7.18. The van der Waals surface area contributed by atoms with Crippen molar-refractivity contribution in [1.29, 1.82) is 0 Å². The van der Waals surface area contributed by atoms with Crippen LogP contribution in [-0.4, -0.2) is 55.3 Å². The van der Waals surface area contributed by atoms with Gasteiger partial charge in [-0.3, -0.25) is 4.79 Å². The highest BCUT2D eigenvalue weighted by Crippen LogP contribution is 2.17. The highest BCUT2D eigenvalue weighted by molar-refractivity contribution is 7.91. The first-order valence-electron chi connectivity index (χ1n) is 6.82. The van der Waals surface area contributed by atoms with E-state index in [0.717, 1.165) is 12.3 Å². The molecular weight excluding hydrogens is 297 g/mol. The molecule has 0 unspecified atom stereocenters. The highest BCUT2D eigenvalue weighted by atomic mass is 32.2. The van der Waals surface area contributed by atoms with E-state index in [-0.39, 0.29) is 23.6 Å². The summed E-state index contributed by atoms with van der Waals surface area (Å²) < 4.78 is 36.5. The van der Waals surface area contributed by atoms with Gasteiger partial charge in [-0.15, -0.1) is 0 Å². The summed E-state index contributed by atoms with van der Waals surface area (Å²) in [7, 11) is -3.10. The topological polar surface area (TPSA) is 79.4 Å². The minimum Gasteiger partial charge on any atom is -0.370 e. The minimum atomic E-state index is -3.10. The van der Waals surface area contributed by atoms with E-state index in [1.54, 1.807) is 0 Å². The summed E-state index contributed by atoms with van der Waals surface area (Å²) in [6.07, 6.45) is 1.44. The van der Waals surface area contributed by atoms with Gasteiger partial charge in [-0.25, -0.2) is 17.8 Å². The van der Waals surface area contributed by atoms with E-state index in [1.165, 1.54) is 4.90 Å². The van der Waals surface area contributed by atoms with Crippen molar-refractivity contribution < 1.29 is 17.6 Å². The van der Waals surface area contributed by atoms with Crippen LogP contribution in [0.5, 0.6) is 0 Å². The van der Waals surface area contributed by atoms with Crippen LogP contribution in [0.25, 0.3) is 0 Å². The van der Waals surface area contributed by atoms with E-state index >= 15 is 0 Å². The lowest BCUT2D eigenvalue weighted by Gasteiger charge is -2.21. The van der Waals surface area contributed by atoms with Crippen LogP contribution in [0.2, 0.25) is 0 Å². The van der Waals surface area contributed by atoms with Crippen molar-refractivity contribution in [2.45, 2.75) is 13.3 Å². The molecule has 0 atom stereocenters. The lowest BCUT2D eigenvalue weighted by molar-refractivity contribution is 0.0768. The van der Waals surface area contributed by atoms with Crippen molar-refractivity contribution in [3.05, 3.63) is 23.6 Å². The van der Waals surface area contributed by atoms with Crippen LogP contribution < -0.4 is 5.32 Å². The van der Waals surface area contributed by atoms with Crippen LogP contribution in [0.3, 0.4) is 0 Å². The second-order valence-electron chi connectivity index (χ2n) is 4.88. The average molecular weight is 315 g/mol. The number of pyridine rings is 1. The Kier molecular flexibility index (Phi) is 4.76. The number of hydrogen-bond acceptors (Lipinski definition) is 5. The van der Waals surface area contributed by atoms with Gasteiger partial charge in [-0.1, -0.05) is 0 Å². The number of amides is 1. The number of anilines is 1. The molecule has 1 aromatic heterocycles. The maximum absolute atomic E-state index is 13.4. The van der Waals surface area contributed by atoms with Crippen LogP contribution in [-0.2, 0) is 9.84 Å². The van der Waals surface area contributed by atoms with Gasteiger partial charge in [0.05, 0.1) is 23.3 Å². The van der Waals surface area contributed by atoms with Crippen molar-refractivity contribution in [1.82, 2.24) is 9.88 Å². The number of halogens is 1. The number of nitrogens with zero attached hydrogens (tertiary/aromatic N) is 2. The molecule has 21 heavy (non-hydrogen) atoms. The molecule has 0 spiro atoms. The minimum absolute atomic E-state index is 0.0575. The van der Waals surface area contributed by atoms with Gasteiger partial charge in [-0.2, -0.15) is 0 Å². The van der Waals surface area contributed by atoms with E-state index in [4.69, 9.17) is 0 Å². The number of carbonyl (C=O) groups excluding carboxylic acids is 1. The number of carbonyl (C=O) groups is 1. The molecule has 116 valence electrons. The SMILES string of the molecule is CCNc1ncc(F)cc1C(=O)N1CCCS(=O)(=O)CC1. The highest BCUT2D eigenvalue weighted by Gasteiger charge is 2.25. The van der Waals surface area contributed by atoms with Gasteiger partial charge in [-0.05, 0) is 19.4 Å². The van der Waals surface area contributed by atoms with Crippen LogP contribution in [0.15, 0.2) is 12.3 Å². The summed E-state index contributed by atoms with van der Waals surface area (Å²) in [5, 5.41) is 2.91. The van der Waals surface area contributed by atoms with E-state index in [9.17, 15) is 17.6 Å². The van der Waals surface area contributed by atoms with E-state index in [2.05, 4.69) is 10.3 Å². The fourth-order valence-electron chi connectivity index (χ4n) is 2.22. The fraction of sp³-hybridized carbons (Fsp3) is 0.538. The standard InChI is InChI=1S/C13H18FN3O3S/c1-2-15-12-11(8-10(14)9-16-12)13(18)17-4-3-6-21(19,20)7-5-17/h8-9H,2-7H2,1H3,(H,15,16). The molecule has 0 aromatic carbocycles. The monoisotopic (exact) mass is 315 g/mol. The van der Waals surface area contributed by atoms with Gasteiger partial charge in [0.15, 0.2) is 9.84 Å². The van der Waals surface area contributed by atoms with E-state index < -0.39 is 21.6 Å². The molecule has 2 heterocycles. The molecule has 0 aliphatic carbocycles. The van der Waals surface area contributed by atoms with Crippen molar-refractivity contribution in [3.8, 4) is 0 Å². The summed E-state index contributed by atoms with van der Waals surface area (Å²) in [5.74, 6) is -0.649. The molecule has 8 heteroatoms. The Balaban J connectivity index is 2.25. The van der Waals surface area contributed by atoms with Gasteiger partial charge in [0.25, 0.3) is 5.91 Å². The van der Waals surface area contributed by atoms with E-state index in [0.29, 0.717) is 25.3 Å². The molecule has 1 amide bonds. The largest absolute Gasteiger partial charge is 0.370 e. The van der Waals surface area contributed by atoms with Crippen LogP contribution in [0.1, 0.15) is 23.7 Å². The predicted molar refractivity (Wildman–Crippen MR) is 77.5 cm³/mol. The van der Waals surface area contributed by atoms with Crippen molar-refractivity contribution in [2.75, 3.05) is 36.5 Å². The smallest absolute Gasteiger partial charge is 0.257 e. The Morgan fingerprint density at radius 1 is 1.43 bits per heavy atom. The molecule has 1 aliphatic rings. The molecule has 1 aliphatic heterocycles. The van der Waals surface area contributed by atoms with Crippen molar-refractivity contribution in [3.63, 3.8) is 0 Å². The molecule has 1 aromatic rings. The van der Waals surface area contributed by atoms with Crippen LogP contribution >= 0.6 is 0 Å². The Morgan fingerprint density at radius 3 is 2.90 bits per heavy atom. The third-order valence-corrected chi connectivity index (χ3v) is 4.99. The molecule has 0 bridgehead atoms. The average Bonchev–Trinajstić information content (AvgIpc) is 2.61. The Bertz CT molecular complexity index is 634. The number of aromatic nitrogens is 1. The number of sulfone groups is 1. The summed E-state index contributed by atoms with van der Waals surface area (Å²) >= 11 is 0. The van der Waals surface area contributed by atoms with Crippen LogP contribution in [0.4, 0.5) is 10.2 Å².